The fourth-order valence-corrected chi connectivity index (χ4v) is 1.23. The van der Waals surface area contributed by atoms with E-state index in [0.717, 1.165) is 18.8 Å². The Hall–Kier alpha value is -0.870. The van der Waals surface area contributed by atoms with E-state index in [0.29, 0.717) is 12.0 Å². The minimum absolute atomic E-state index is 0.358. The molecule has 4 heteroatoms. The van der Waals surface area contributed by atoms with E-state index in [1.54, 1.807) is 13.4 Å². The van der Waals surface area contributed by atoms with Gasteiger partial charge in [-0.1, -0.05) is 19.0 Å². The summed E-state index contributed by atoms with van der Waals surface area (Å²) in [6, 6.07) is 2.22. The first-order valence-corrected chi connectivity index (χ1v) is 4.85. The molecule has 0 spiro atoms. The number of nitrogens with one attached hydrogen (secondary N) is 1. The summed E-state index contributed by atoms with van der Waals surface area (Å²) in [5, 5.41) is 7.20. The third-order valence-electron chi connectivity index (χ3n) is 2.19. The molecule has 1 aromatic rings. The van der Waals surface area contributed by atoms with Crippen LogP contribution in [0.2, 0.25) is 0 Å². The Labute approximate surface area is 84.6 Å². The van der Waals surface area contributed by atoms with Crippen LogP contribution in [0.1, 0.15) is 19.5 Å². The highest BCUT2D eigenvalue weighted by atomic mass is 16.5. The number of aromatic nitrogens is 1. The molecule has 0 bridgehead atoms. The molecular weight excluding hydrogens is 180 g/mol. The van der Waals surface area contributed by atoms with E-state index >= 15 is 0 Å². The Balaban J connectivity index is 2.33. The lowest BCUT2D eigenvalue weighted by Crippen LogP contribution is -2.37. The molecule has 0 saturated heterocycles. The van der Waals surface area contributed by atoms with Crippen molar-refractivity contribution in [3.05, 3.63) is 18.0 Å². The minimum Gasteiger partial charge on any atom is -0.383 e. The Morgan fingerprint density at radius 2 is 2.36 bits per heavy atom. The molecule has 0 aromatic carbocycles. The van der Waals surface area contributed by atoms with E-state index in [-0.39, 0.29) is 0 Å². The van der Waals surface area contributed by atoms with Gasteiger partial charge in [0.2, 0.25) is 0 Å². The van der Waals surface area contributed by atoms with Crippen LogP contribution in [0.4, 0.5) is 0 Å². The molecule has 0 aliphatic rings. The van der Waals surface area contributed by atoms with Crippen LogP contribution in [0.5, 0.6) is 0 Å². The lowest BCUT2D eigenvalue weighted by atomic mass is 10.1. The third-order valence-corrected chi connectivity index (χ3v) is 2.19. The van der Waals surface area contributed by atoms with Gasteiger partial charge in [-0.3, -0.25) is 0 Å². The average molecular weight is 198 g/mol. The molecule has 1 unspecified atom stereocenters. The zero-order valence-corrected chi connectivity index (χ0v) is 8.99. The second-order valence-electron chi connectivity index (χ2n) is 3.68. The van der Waals surface area contributed by atoms with Gasteiger partial charge in [0.05, 0.1) is 12.3 Å². The third kappa shape index (κ3) is 3.47. The van der Waals surface area contributed by atoms with Gasteiger partial charge in [0.25, 0.3) is 0 Å². The molecule has 0 aliphatic carbocycles. The van der Waals surface area contributed by atoms with Crippen LogP contribution in [0.25, 0.3) is 0 Å². The average Bonchev–Trinajstić information content (AvgIpc) is 2.64. The lowest BCUT2D eigenvalue weighted by Gasteiger charge is -2.20. The maximum atomic E-state index is 5.13. The SMILES string of the molecule is COCC(NCc1ccon1)C(C)C. The number of methoxy groups -OCH3 is 1. The Kier molecular flexibility index (Phi) is 4.62. The van der Waals surface area contributed by atoms with Crippen LogP contribution in [0.3, 0.4) is 0 Å². The maximum Gasteiger partial charge on any atom is 0.124 e. The predicted octanol–water partition coefficient (Wildman–Crippen LogP) is 1.44. The van der Waals surface area contributed by atoms with Gasteiger partial charge >= 0.3 is 0 Å². The summed E-state index contributed by atoms with van der Waals surface area (Å²) in [5.41, 5.74) is 0.923. The molecule has 1 aromatic heterocycles. The Morgan fingerprint density at radius 1 is 1.57 bits per heavy atom. The fraction of sp³-hybridized carbons (Fsp3) is 0.700. The minimum atomic E-state index is 0.358. The van der Waals surface area contributed by atoms with E-state index in [9.17, 15) is 0 Å². The van der Waals surface area contributed by atoms with Gasteiger partial charge in [0.1, 0.15) is 6.26 Å². The van der Waals surface area contributed by atoms with Crippen molar-refractivity contribution < 1.29 is 9.26 Å². The van der Waals surface area contributed by atoms with Gasteiger partial charge in [-0.2, -0.15) is 0 Å². The van der Waals surface area contributed by atoms with Crippen molar-refractivity contribution in [3.63, 3.8) is 0 Å². The van der Waals surface area contributed by atoms with Crippen molar-refractivity contribution in [1.29, 1.82) is 0 Å². The lowest BCUT2D eigenvalue weighted by molar-refractivity contribution is 0.146. The van der Waals surface area contributed by atoms with Gasteiger partial charge in [0.15, 0.2) is 0 Å². The fourth-order valence-electron chi connectivity index (χ4n) is 1.23. The summed E-state index contributed by atoms with van der Waals surface area (Å²) >= 11 is 0. The number of rotatable bonds is 6. The summed E-state index contributed by atoms with van der Waals surface area (Å²) in [4.78, 5) is 0. The van der Waals surface area contributed by atoms with E-state index in [1.165, 1.54) is 0 Å². The van der Waals surface area contributed by atoms with Gasteiger partial charge in [-0.25, -0.2) is 0 Å². The van der Waals surface area contributed by atoms with Crippen LogP contribution in [-0.4, -0.2) is 24.9 Å². The van der Waals surface area contributed by atoms with Gasteiger partial charge in [0, 0.05) is 25.8 Å². The van der Waals surface area contributed by atoms with Crippen LogP contribution < -0.4 is 5.32 Å². The molecule has 0 amide bonds. The molecule has 0 fully saturated rings. The normalized spacial score (nSPS) is 13.4. The topological polar surface area (TPSA) is 47.3 Å². The highest BCUT2D eigenvalue weighted by Gasteiger charge is 2.12. The molecular formula is C10H18N2O2. The van der Waals surface area contributed by atoms with Crippen molar-refractivity contribution in [2.45, 2.75) is 26.4 Å². The van der Waals surface area contributed by atoms with Crippen LogP contribution >= 0.6 is 0 Å². The monoisotopic (exact) mass is 198 g/mol. The van der Waals surface area contributed by atoms with Crippen LogP contribution in [0, 0.1) is 5.92 Å². The first-order valence-electron chi connectivity index (χ1n) is 4.85. The van der Waals surface area contributed by atoms with Gasteiger partial charge in [-0.05, 0) is 5.92 Å². The number of ether oxygens (including phenoxy) is 1. The molecule has 0 radical (unpaired) electrons. The molecule has 1 atom stereocenters. The van der Waals surface area contributed by atoms with E-state index in [2.05, 4.69) is 24.3 Å². The van der Waals surface area contributed by atoms with Crippen molar-refractivity contribution in [1.82, 2.24) is 10.5 Å². The summed E-state index contributed by atoms with van der Waals surface area (Å²) in [6.45, 7) is 5.77. The zero-order valence-electron chi connectivity index (χ0n) is 8.99. The van der Waals surface area contributed by atoms with Crippen molar-refractivity contribution in [3.8, 4) is 0 Å². The number of hydrogen-bond donors (Lipinski definition) is 1. The molecule has 0 saturated carbocycles. The highest BCUT2D eigenvalue weighted by molar-refractivity contribution is 4.94. The molecule has 4 nitrogen and oxygen atoms in total. The maximum absolute atomic E-state index is 5.13. The van der Waals surface area contributed by atoms with Crippen LogP contribution in [0.15, 0.2) is 16.9 Å². The second kappa shape index (κ2) is 5.78. The summed E-state index contributed by atoms with van der Waals surface area (Å²) in [5.74, 6) is 0.543. The van der Waals surface area contributed by atoms with E-state index in [4.69, 9.17) is 9.26 Å². The Bertz CT molecular complexity index is 234. The van der Waals surface area contributed by atoms with Crippen molar-refractivity contribution in [2.75, 3.05) is 13.7 Å². The number of nitrogens with zero attached hydrogens (tertiary/aromatic N) is 1. The molecule has 80 valence electrons. The van der Waals surface area contributed by atoms with Crippen molar-refractivity contribution >= 4 is 0 Å². The quantitative estimate of drug-likeness (QED) is 0.751. The first kappa shape index (κ1) is 11.2. The van der Waals surface area contributed by atoms with Crippen LogP contribution in [-0.2, 0) is 11.3 Å². The first-order chi connectivity index (χ1) is 6.74. The second-order valence-corrected chi connectivity index (χ2v) is 3.68. The smallest absolute Gasteiger partial charge is 0.124 e. The number of hydrogen-bond acceptors (Lipinski definition) is 4. The van der Waals surface area contributed by atoms with E-state index < -0.39 is 0 Å². The zero-order chi connectivity index (χ0) is 10.4. The highest BCUT2D eigenvalue weighted by Crippen LogP contribution is 2.03. The van der Waals surface area contributed by atoms with E-state index in [1.807, 2.05) is 6.07 Å². The standard InChI is InChI=1S/C10H18N2O2/c1-8(2)10(7-13-3)11-6-9-4-5-14-12-9/h4-5,8,10-11H,6-7H2,1-3H3. The van der Waals surface area contributed by atoms with Crippen molar-refractivity contribution in [2.24, 2.45) is 5.92 Å². The largest absolute Gasteiger partial charge is 0.383 e. The Morgan fingerprint density at radius 3 is 2.86 bits per heavy atom. The molecule has 1 rings (SSSR count). The van der Waals surface area contributed by atoms with Gasteiger partial charge in [-0.15, -0.1) is 0 Å². The molecule has 1 heterocycles. The molecule has 0 aliphatic heterocycles. The molecule has 1 N–H and O–H groups in total. The summed E-state index contributed by atoms with van der Waals surface area (Å²) in [7, 11) is 1.72. The summed E-state index contributed by atoms with van der Waals surface area (Å²) in [6.07, 6.45) is 1.58. The molecule has 14 heavy (non-hydrogen) atoms. The van der Waals surface area contributed by atoms with Gasteiger partial charge < -0.3 is 14.6 Å². The predicted molar refractivity (Wildman–Crippen MR) is 53.8 cm³/mol. The summed E-state index contributed by atoms with van der Waals surface area (Å²) < 4.78 is 9.87.